The zero-order chi connectivity index (χ0) is 10.2. The second-order valence-corrected chi connectivity index (χ2v) is 4.88. The van der Waals surface area contributed by atoms with E-state index >= 15 is 0 Å². The van der Waals surface area contributed by atoms with Crippen LogP contribution >= 0.6 is 11.3 Å². The first kappa shape index (κ1) is 10.1. The molecule has 0 bridgehead atoms. The highest BCUT2D eigenvalue weighted by atomic mass is 32.1. The molecule has 2 heterocycles. The molecule has 1 aromatic heterocycles. The number of hydrogen-bond acceptors (Lipinski definition) is 4. The highest BCUT2D eigenvalue weighted by Gasteiger charge is 2.39. The highest BCUT2D eigenvalue weighted by Crippen LogP contribution is 2.37. The molecule has 3 nitrogen and oxygen atoms in total. The average molecular weight is 214 g/mol. The quantitative estimate of drug-likeness (QED) is 0.813. The number of aliphatic hydroxyl groups excluding tert-OH is 1. The van der Waals surface area contributed by atoms with Gasteiger partial charge in [0.2, 0.25) is 5.79 Å². The molecule has 0 amide bonds. The van der Waals surface area contributed by atoms with Gasteiger partial charge in [0.25, 0.3) is 0 Å². The molecule has 2 rings (SSSR count). The summed E-state index contributed by atoms with van der Waals surface area (Å²) >= 11 is 1.66. The number of ether oxygens (including phenoxy) is 2. The zero-order valence-corrected chi connectivity index (χ0v) is 9.13. The van der Waals surface area contributed by atoms with Crippen LogP contribution in [0.5, 0.6) is 0 Å². The van der Waals surface area contributed by atoms with E-state index in [1.54, 1.807) is 11.3 Å². The van der Waals surface area contributed by atoms with Crippen LogP contribution in [-0.2, 0) is 15.3 Å². The van der Waals surface area contributed by atoms with Crippen LogP contribution in [0.2, 0.25) is 0 Å². The Morgan fingerprint density at radius 1 is 1.64 bits per heavy atom. The standard InChI is InChI=1S/C10H14O3S/c1-7-3-4-9(14-7)10(2)12-6-8(5-11)13-10/h3-4,8,11H,5-6H2,1-2H3. The molecule has 1 N–H and O–H groups in total. The SMILES string of the molecule is Cc1ccc(C2(C)OCC(CO)O2)s1. The van der Waals surface area contributed by atoms with Crippen molar-refractivity contribution in [1.29, 1.82) is 0 Å². The molecule has 0 radical (unpaired) electrons. The van der Waals surface area contributed by atoms with Crippen molar-refractivity contribution in [3.8, 4) is 0 Å². The topological polar surface area (TPSA) is 38.7 Å². The second-order valence-electron chi connectivity index (χ2n) is 3.59. The van der Waals surface area contributed by atoms with Crippen LogP contribution in [-0.4, -0.2) is 24.4 Å². The Balaban J connectivity index is 2.18. The van der Waals surface area contributed by atoms with Gasteiger partial charge in [-0.1, -0.05) is 0 Å². The molecule has 1 fully saturated rings. The van der Waals surface area contributed by atoms with Crippen molar-refractivity contribution in [1.82, 2.24) is 0 Å². The van der Waals surface area contributed by atoms with E-state index in [1.165, 1.54) is 4.88 Å². The number of aliphatic hydroxyl groups is 1. The largest absolute Gasteiger partial charge is 0.394 e. The Kier molecular flexibility index (Phi) is 2.62. The third-order valence-corrected chi connectivity index (χ3v) is 3.51. The van der Waals surface area contributed by atoms with Crippen LogP contribution in [0.4, 0.5) is 0 Å². The lowest BCUT2D eigenvalue weighted by molar-refractivity contribution is -0.162. The van der Waals surface area contributed by atoms with E-state index < -0.39 is 5.79 Å². The maximum Gasteiger partial charge on any atom is 0.201 e. The van der Waals surface area contributed by atoms with Gasteiger partial charge in [-0.15, -0.1) is 11.3 Å². The smallest absolute Gasteiger partial charge is 0.201 e. The summed E-state index contributed by atoms with van der Waals surface area (Å²) in [5.74, 6) is -0.660. The fraction of sp³-hybridized carbons (Fsp3) is 0.600. The van der Waals surface area contributed by atoms with E-state index in [4.69, 9.17) is 14.6 Å². The van der Waals surface area contributed by atoms with Gasteiger partial charge in [-0.3, -0.25) is 0 Å². The minimum atomic E-state index is -0.660. The van der Waals surface area contributed by atoms with Crippen LogP contribution in [0.3, 0.4) is 0 Å². The summed E-state index contributed by atoms with van der Waals surface area (Å²) in [6.07, 6.45) is -0.192. The summed E-state index contributed by atoms with van der Waals surface area (Å²) in [6.45, 7) is 4.42. The Morgan fingerprint density at radius 2 is 2.43 bits per heavy atom. The van der Waals surface area contributed by atoms with Gasteiger partial charge in [0.15, 0.2) is 0 Å². The zero-order valence-electron chi connectivity index (χ0n) is 8.32. The molecule has 4 heteroatoms. The molecule has 2 unspecified atom stereocenters. The Hall–Kier alpha value is -0.420. The van der Waals surface area contributed by atoms with Crippen molar-refractivity contribution in [3.63, 3.8) is 0 Å². The molecule has 0 aromatic carbocycles. The maximum absolute atomic E-state index is 8.95. The van der Waals surface area contributed by atoms with Crippen LogP contribution in [0.25, 0.3) is 0 Å². The fourth-order valence-electron chi connectivity index (χ4n) is 1.54. The summed E-state index contributed by atoms with van der Waals surface area (Å²) < 4.78 is 11.2. The summed E-state index contributed by atoms with van der Waals surface area (Å²) in [6, 6.07) is 4.06. The van der Waals surface area contributed by atoms with Crippen molar-refractivity contribution in [2.75, 3.05) is 13.2 Å². The molecular weight excluding hydrogens is 200 g/mol. The summed E-state index contributed by atoms with van der Waals surface area (Å²) in [4.78, 5) is 2.30. The van der Waals surface area contributed by atoms with Gasteiger partial charge in [-0.25, -0.2) is 0 Å². The maximum atomic E-state index is 8.95. The lowest BCUT2D eigenvalue weighted by Crippen LogP contribution is -2.23. The van der Waals surface area contributed by atoms with Crippen LogP contribution < -0.4 is 0 Å². The van der Waals surface area contributed by atoms with Crippen molar-refractivity contribution >= 4 is 11.3 Å². The van der Waals surface area contributed by atoms with Gasteiger partial charge in [-0.2, -0.15) is 0 Å². The molecule has 78 valence electrons. The lowest BCUT2D eigenvalue weighted by atomic mass is 10.2. The molecule has 14 heavy (non-hydrogen) atoms. The predicted octanol–water partition coefficient (Wildman–Crippen LogP) is 1.64. The molecule has 1 aliphatic rings. The fourth-order valence-corrected chi connectivity index (χ4v) is 2.45. The van der Waals surface area contributed by atoms with Crippen LogP contribution in [0.15, 0.2) is 12.1 Å². The van der Waals surface area contributed by atoms with Gasteiger partial charge in [-0.05, 0) is 26.0 Å². The third kappa shape index (κ3) is 1.70. The second kappa shape index (κ2) is 3.62. The molecule has 2 atom stereocenters. The predicted molar refractivity (Wildman–Crippen MR) is 54.3 cm³/mol. The van der Waals surface area contributed by atoms with Crippen LogP contribution in [0, 0.1) is 6.92 Å². The van der Waals surface area contributed by atoms with Gasteiger partial charge in [0.05, 0.1) is 18.1 Å². The van der Waals surface area contributed by atoms with Crippen molar-refractivity contribution in [3.05, 3.63) is 21.9 Å². The first-order valence-corrected chi connectivity index (χ1v) is 5.45. The average Bonchev–Trinajstić information content (AvgIpc) is 2.73. The van der Waals surface area contributed by atoms with E-state index in [2.05, 4.69) is 6.92 Å². The van der Waals surface area contributed by atoms with E-state index in [-0.39, 0.29) is 12.7 Å². The normalized spacial score (nSPS) is 32.4. The van der Waals surface area contributed by atoms with E-state index in [9.17, 15) is 0 Å². The summed E-state index contributed by atoms with van der Waals surface area (Å²) in [5, 5.41) is 8.95. The van der Waals surface area contributed by atoms with Gasteiger partial charge in [0.1, 0.15) is 6.10 Å². The lowest BCUT2D eigenvalue weighted by Gasteiger charge is -2.21. The molecule has 1 aromatic rings. The molecular formula is C10H14O3S. The first-order chi connectivity index (χ1) is 6.64. The minimum Gasteiger partial charge on any atom is -0.394 e. The van der Waals surface area contributed by atoms with E-state index in [0.717, 1.165) is 4.88 Å². The minimum absolute atomic E-state index is 0.0138. The molecule has 0 spiro atoms. The van der Waals surface area contributed by atoms with Crippen molar-refractivity contribution in [2.45, 2.75) is 25.7 Å². The van der Waals surface area contributed by atoms with Gasteiger partial charge in [0, 0.05) is 4.88 Å². The Labute approximate surface area is 87.3 Å². The highest BCUT2D eigenvalue weighted by molar-refractivity contribution is 7.12. The number of hydrogen-bond donors (Lipinski definition) is 1. The number of aryl methyl sites for hydroxylation is 1. The van der Waals surface area contributed by atoms with E-state index in [0.29, 0.717) is 6.61 Å². The molecule has 0 saturated carbocycles. The monoisotopic (exact) mass is 214 g/mol. The van der Waals surface area contributed by atoms with Crippen molar-refractivity contribution in [2.24, 2.45) is 0 Å². The Morgan fingerprint density at radius 3 is 2.93 bits per heavy atom. The molecule has 0 aliphatic carbocycles. The summed E-state index contributed by atoms with van der Waals surface area (Å²) in [5.41, 5.74) is 0. The third-order valence-electron chi connectivity index (χ3n) is 2.33. The van der Waals surface area contributed by atoms with Crippen LogP contribution in [0.1, 0.15) is 16.7 Å². The number of rotatable bonds is 2. The molecule has 1 saturated heterocycles. The number of thiophene rings is 1. The van der Waals surface area contributed by atoms with Gasteiger partial charge >= 0.3 is 0 Å². The van der Waals surface area contributed by atoms with E-state index in [1.807, 2.05) is 19.1 Å². The van der Waals surface area contributed by atoms with Crippen molar-refractivity contribution < 1.29 is 14.6 Å². The first-order valence-electron chi connectivity index (χ1n) is 4.63. The summed E-state index contributed by atoms with van der Waals surface area (Å²) in [7, 11) is 0. The van der Waals surface area contributed by atoms with Gasteiger partial charge < -0.3 is 14.6 Å². The Bertz CT molecular complexity index is 323. The molecule has 1 aliphatic heterocycles.